The minimum Gasteiger partial charge on any atom is -0.481 e. The van der Waals surface area contributed by atoms with Crippen LogP contribution in [0.4, 0.5) is 0 Å². The fourth-order valence-electron chi connectivity index (χ4n) is 3.60. The first-order chi connectivity index (χ1) is 8.60. The summed E-state index contributed by atoms with van der Waals surface area (Å²) in [4.78, 5) is 13.1. The summed E-state index contributed by atoms with van der Waals surface area (Å²) in [6.45, 7) is 5.96. The second-order valence-corrected chi connectivity index (χ2v) is 6.60. The molecule has 2 aliphatic rings. The normalized spacial score (nSPS) is 24.7. The molecule has 104 valence electrons. The summed E-state index contributed by atoms with van der Waals surface area (Å²) in [5, 5.41) is 8.65. The highest BCUT2D eigenvalue weighted by molar-refractivity contribution is 5.66. The van der Waals surface area contributed by atoms with Crippen molar-refractivity contribution in [3.05, 3.63) is 0 Å². The van der Waals surface area contributed by atoms with Crippen molar-refractivity contribution >= 4 is 5.97 Å². The molecule has 0 aromatic carbocycles. The predicted molar refractivity (Wildman–Crippen MR) is 72.6 cm³/mol. The molecular formula is C15H27NO2. The zero-order valence-corrected chi connectivity index (χ0v) is 11.7. The summed E-state index contributed by atoms with van der Waals surface area (Å²) < 4.78 is 0. The van der Waals surface area contributed by atoms with Crippen LogP contribution in [0.5, 0.6) is 0 Å². The van der Waals surface area contributed by atoms with Crippen molar-refractivity contribution in [3.8, 4) is 0 Å². The SMILES string of the molecule is CC(CCC(=O)O)CCN1CC2(CCCCC2)C1. The van der Waals surface area contributed by atoms with E-state index >= 15 is 0 Å². The molecule has 3 heteroatoms. The largest absolute Gasteiger partial charge is 0.481 e. The van der Waals surface area contributed by atoms with Gasteiger partial charge >= 0.3 is 5.97 Å². The topological polar surface area (TPSA) is 40.5 Å². The van der Waals surface area contributed by atoms with Crippen LogP contribution < -0.4 is 0 Å². The second kappa shape index (κ2) is 6.05. The van der Waals surface area contributed by atoms with Crippen molar-refractivity contribution in [3.63, 3.8) is 0 Å². The number of nitrogens with zero attached hydrogens (tertiary/aromatic N) is 1. The molecule has 1 saturated heterocycles. The third-order valence-corrected chi connectivity index (χ3v) is 4.82. The van der Waals surface area contributed by atoms with E-state index < -0.39 is 5.97 Å². The number of carboxylic acid groups (broad SMARTS) is 1. The van der Waals surface area contributed by atoms with Crippen LogP contribution in [0, 0.1) is 11.3 Å². The smallest absolute Gasteiger partial charge is 0.303 e. The third-order valence-electron chi connectivity index (χ3n) is 4.82. The number of hydrogen-bond acceptors (Lipinski definition) is 2. The first kappa shape index (κ1) is 13.9. The zero-order valence-electron chi connectivity index (χ0n) is 11.7. The van der Waals surface area contributed by atoms with E-state index in [9.17, 15) is 4.79 Å². The Morgan fingerprint density at radius 1 is 1.22 bits per heavy atom. The average Bonchev–Trinajstić information content (AvgIpc) is 2.32. The van der Waals surface area contributed by atoms with Crippen LogP contribution in [-0.4, -0.2) is 35.6 Å². The summed E-state index contributed by atoms with van der Waals surface area (Å²) in [5.74, 6) is -0.115. The van der Waals surface area contributed by atoms with Gasteiger partial charge in [-0.15, -0.1) is 0 Å². The molecule has 0 amide bonds. The average molecular weight is 253 g/mol. The highest BCUT2D eigenvalue weighted by Gasteiger charge is 2.42. The molecule has 1 aliphatic heterocycles. The van der Waals surface area contributed by atoms with Gasteiger partial charge in [0.15, 0.2) is 0 Å². The van der Waals surface area contributed by atoms with Crippen LogP contribution in [0.25, 0.3) is 0 Å². The first-order valence-corrected chi connectivity index (χ1v) is 7.54. The predicted octanol–water partition coefficient (Wildman–Crippen LogP) is 3.14. The van der Waals surface area contributed by atoms with Crippen LogP contribution in [0.3, 0.4) is 0 Å². The Morgan fingerprint density at radius 2 is 1.89 bits per heavy atom. The Labute approximate surface area is 111 Å². The van der Waals surface area contributed by atoms with E-state index in [2.05, 4.69) is 11.8 Å². The first-order valence-electron chi connectivity index (χ1n) is 7.54. The second-order valence-electron chi connectivity index (χ2n) is 6.60. The molecule has 1 atom stereocenters. The molecule has 0 radical (unpaired) electrons. The number of rotatable bonds is 6. The minimum atomic E-state index is -0.660. The summed E-state index contributed by atoms with van der Waals surface area (Å²) in [6.07, 6.45) is 9.50. The Balaban J connectivity index is 1.57. The van der Waals surface area contributed by atoms with Gasteiger partial charge in [-0.1, -0.05) is 26.2 Å². The zero-order chi connectivity index (χ0) is 13.0. The molecule has 3 nitrogen and oxygen atoms in total. The van der Waals surface area contributed by atoms with Crippen molar-refractivity contribution in [2.24, 2.45) is 11.3 Å². The lowest BCUT2D eigenvalue weighted by molar-refractivity contribution is -0.137. The van der Waals surface area contributed by atoms with Gasteiger partial charge in [-0.05, 0) is 43.6 Å². The molecule has 1 aliphatic carbocycles. The van der Waals surface area contributed by atoms with E-state index in [1.165, 1.54) is 51.7 Å². The highest BCUT2D eigenvalue weighted by Crippen LogP contribution is 2.43. The van der Waals surface area contributed by atoms with Crippen LogP contribution >= 0.6 is 0 Å². The van der Waals surface area contributed by atoms with E-state index in [0.29, 0.717) is 17.8 Å². The van der Waals surface area contributed by atoms with Gasteiger partial charge < -0.3 is 10.0 Å². The Hall–Kier alpha value is -0.570. The number of hydrogen-bond donors (Lipinski definition) is 1. The van der Waals surface area contributed by atoms with Crippen molar-refractivity contribution < 1.29 is 9.90 Å². The van der Waals surface area contributed by atoms with Gasteiger partial charge in [-0.3, -0.25) is 4.79 Å². The van der Waals surface area contributed by atoms with Gasteiger partial charge in [0.25, 0.3) is 0 Å². The van der Waals surface area contributed by atoms with E-state index in [4.69, 9.17) is 5.11 Å². The molecule has 1 unspecified atom stereocenters. The van der Waals surface area contributed by atoms with Crippen LogP contribution in [-0.2, 0) is 4.79 Å². The lowest BCUT2D eigenvalue weighted by Gasteiger charge is -2.53. The molecule has 0 bridgehead atoms. The summed E-state index contributed by atoms with van der Waals surface area (Å²) in [7, 11) is 0. The number of aliphatic carboxylic acids is 1. The fraction of sp³-hybridized carbons (Fsp3) is 0.933. The molecule has 2 fully saturated rings. The molecule has 18 heavy (non-hydrogen) atoms. The van der Waals surface area contributed by atoms with E-state index in [0.717, 1.165) is 12.8 Å². The van der Waals surface area contributed by atoms with E-state index in [1.807, 2.05) is 0 Å². The molecule has 1 N–H and O–H groups in total. The number of likely N-dealkylation sites (tertiary alicyclic amines) is 1. The third kappa shape index (κ3) is 3.71. The van der Waals surface area contributed by atoms with Gasteiger partial charge in [0.05, 0.1) is 0 Å². The van der Waals surface area contributed by atoms with Crippen LogP contribution in [0.1, 0.15) is 58.3 Å². The van der Waals surface area contributed by atoms with E-state index in [1.54, 1.807) is 0 Å². The lowest BCUT2D eigenvalue weighted by atomic mass is 9.68. The maximum Gasteiger partial charge on any atom is 0.303 e. The van der Waals surface area contributed by atoms with Crippen molar-refractivity contribution in [1.29, 1.82) is 0 Å². The summed E-state index contributed by atoms with van der Waals surface area (Å²) in [5.41, 5.74) is 0.683. The van der Waals surface area contributed by atoms with Gasteiger partial charge in [0.1, 0.15) is 0 Å². The van der Waals surface area contributed by atoms with Crippen molar-refractivity contribution in [2.75, 3.05) is 19.6 Å². The van der Waals surface area contributed by atoms with Gasteiger partial charge in [-0.2, -0.15) is 0 Å². The molecule has 1 saturated carbocycles. The van der Waals surface area contributed by atoms with Crippen molar-refractivity contribution in [1.82, 2.24) is 4.90 Å². The maximum absolute atomic E-state index is 10.5. The van der Waals surface area contributed by atoms with Crippen LogP contribution in [0.15, 0.2) is 0 Å². The fourth-order valence-corrected chi connectivity index (χ4v) is 3.60. The number of carbonyl (C=O) groups is 1. The van der Waals surface area contributed by atoms with Crippen LogP contribution in [0.2, 0.25) is 0 Å². The molecule has 0 aromatic heterocycles. The molecule has 2 rings (SSSR count). The highest BCUT2D eigenvalue weighted by atomic mass is 16.4. The summed E-state index contributed by atoms with van der Waals surface area (Å²) >= 11 is 0. The Morgan fingerprint density at radius 3 is 2.50 bits per heavy atom. The standard InChI is InChI=1S/C15H27NO2/c1-13(5-6-14(17)18)7-10-16-11-15(12-16)8-3-2-4-9-15/h13H,2-12H2,1H3,(H,17,18). The maximum atomic E-state index is 10.5. The molecule has 1 spiro atoms. The Kier molecular flexibility index (Phi) is 4.66. The number of carboxylic acids is 1. The summed E-state index contributed by atoms with van der Waals surface area (Å²) in [6, 6.07) is 0. The molecular weight excluding hydrogens is 226 g/mol. The quantitative estimate of drug-likeness (QED) is 0.790. The lowest BCUT2D eigenvalue weighted by Crippen LogP contribution is -2.57. The van der Waals surface area contributed by atoms with Crippen molar-refractivity contribution in [2.45, 2.75) is 58.3 Å². The minimum absolute atomic E-state index is 0.325. The molecule has 1 heterocycles. The van der Waals surface area contributed by atoms with Gasteiger partial charge in [0, 0.05) is 19.5 Å². The monoisotopic (exact) mass is 253 g/mol. The van der Waals surface area contributed by atoms with E-state index in [-0.39, 0.29) is 0 Å². The van der Waals surface area contributed by atoms with Gasteiger partial charge in [0.2, 0.25) is 0 Å². The Bertz CT molecular complexity index is 276. The van der Waals surface area contributed by atoms with Gasteiger partial charge in [-0.25, -0.2) is 0 Å². The molecule has 0 aromatic rings.